The number of esters is 1. The van der Waals surface area contributed by atoms with Gasteiger partial charge in [-0.3, -0.25) is 5.32 Å². The zero-order valence-electron chi connectivity index (χ0n) is 19.4. The van der Waals surface area contributed by atoms with Gasteiger partial charge in [0.1, 0.15) is 11.4 Å². The van der Waals surface area contributed by atoms with Crippen LogP contribution in [0.4, 0.5) is 4.79 Å². The monoisotopic (exact) mass is 473 g/mol. The summed E-state index contributed by atoms with van der Waals surface area (Å²) in [6, 6.07) is 16.3. The molecular weight excluding hydrogens is 450 g/mol. The second-order valence-corrected chi connectivity index (χ2v) is 7.69. The van der Waals surface area contributed by atoms with Gasteiger partial charge in [-0.15, -0.1) is 0 Å². The van der Waals surface area contributed by atoms with E-state index in [1.54, 1.807) is 30.5 Å². The molecule has 1 amide bonds. The maximum absolute atomic E-state index is 13.0. The third-order valence-electron chi connectivity index (χ3n) is 5.51. The van der Waals surface area contributed by atoms with E-state index in [1.807, 2.05) is 30.3 Å². The van der Waals surface area contributed by atoms with Gasteiger partial charge < -0.3 is 23.9 Å². The van der Waals surface area contributed by atoms with Crippen LogP contribution in [0.3, 0.4) is 0 Å². The smallest absolute Gasteiger partial charge is 0.408 e. The first kappa shape index (κ1) is 23.4. The van der Waals surface area contributed by atoms with E-state index in [2.05, 4.69) is 22.1 Å². The predicted molar refractivity (Wildman–Crippen MR) is 129 cm³/mol. The number of hydrogen-bond donors (Lipinski definition) is 2. The third kappa shape index (κ3) is 4.68. The molecule has 2 aromatic carbocycles. The summed E-state index contributed by atoms with van der Waals surface area (Å²) in [5.41, 5.74) is -0.784. The number of aromatic nitrogens is 2. The number of rotatable bonds is 5. The Kier molecular flexibility index (Phi) is 6.46. The van der Waals surface area contributed by atoms with Gasteiger partial charge in [0.2, 0.25) is 5.54 Å². The van der Waals surface area contributed by atoms with Crippen LogP contribution in [-0.2, 0) is 20.8 Å². The average molecular weight is 473 g/mol. The molecule has 0 unspecified atom stereocenters. The highest BCUT2D eigenvalue weighted by molar-refractivity contribution is 5.91. The number of carbonyl (C=O) groups excluding carboxylic acids is 2. The molecule has 0 saturated carbocycles. The van der Waals surface area contributed by atoms with E-state index in [4.69, 9.17) is 14.2 Å². The molecule has 0 aliphatic heterocycles. The number of benzene rings is 2. The van der Waals surface area contributed by atoms with Gasteiger partial charge in [-0.2, -0.15) is 0 Å². The SMILES string of the molecule is COC(=O)N[C@](C#Cc1ccc2ccccc2n1)(Cn1cc2ccc(OC)cc2c1O)C(=O)OC. The number of ether oxygens (including phenoxy) is 3. The molecule has 0 fully saturated rings. The summed E-state index contributed by atoms with van der Waals surface area (Å²) in [4.78, 5) is 29.8. The highest BCUT2D eigenvalue weighted by atomic mass is 16.5. The van der Waals surface area contributed by atoms with Crippen molar-refractivity contribution in [3.05, 3.63) is 66.5 Å². The summed E-state index contributed by atoms with van der Waals surface area (Å²) in [5.74, 6) is 5.26. The fourth-order valence-electron chi connectivity index (χ4n) is 3.71. The standard InChI is InChI=1S/C26H23N3O6/c1-33-20-11-9-18-15-29(23(30)21(18)14-20)16-26(24(31)34-2,28-25(32)35-3)13-12-19-10-8-17-6-4-5-7-22(17)27-19/h4-11,14-15,30H,16H2,1-3H3,(H,28,32)/t26-/m1/s1. The number of para-hydroxylation sites is 1. The summed E-state index contributed by atoms with van der Waals surface area (Å²) < 4.78 is 16.4. The molecule has 0 bridgehead atoms. The first-order valence-corrected chi connectivity index (χ1v) is 10.6. The van der Waals surface area contributed by atoms with Gasteiger partial charge in [0.05, 0.1) is 33.4 Å². The second kappa shape index (κ2) is 9.65. The highest BCUT2D eigenvalue weighted by Gasteiger charge is 2.42. The van der Waals surface area contributed by atoms with E-state index in [1.165, 1.54) is 25.9 Å². The number of amides is 1. The van der Waals surface area contributed by atoms with E-state index >= 15 is 0 Å². The van der Waals surface area contributed by atoms with Crippen molar-refractivity contribution in [3.8, 4) is 23.5 Å². The van der Waals surface area contributed by atoms with Crippen molar-refractivity contribution in [3.63, 3.8) is 0 Å². The lowest BCUT2D eigenvalue weighted by Crippen LogP contribution is -2.56. The minimum Gasteiger partial charge on any atom is -0.497 e. The Morgan fingerprint density at radius 2 is 1.83 bits per heavy atom. The summed E-state index contributed by atoms with van der Waals surface area (Å²) in [5, 5.41) is 15.5. The summed E-state index contributed by atoms with van der Waals surface area (Å²) >= 11 is 0. The highest BCUT2D eigenvalue weighted by Crippen LogP contribution is 2.31. The number of alkyl carbamates (subject to hydrolysis) is 1. The van der Waals surface area contributed by atoms with Gasteiger partial charge in [0.25, 0.3) is 0 Å². The van der Waals surface area contributed by atoms with Crippen LogP contribution in [0.25, 0.3) is 21.7 Å². The van der Waals surface area contributed by atoms with Gasteiger partial charge in [0, 0.05) is 22.4 Å². The fraction of sp³-hybridized carbons (Fsp3) is 0.192. The largest absolute Gasteiger partial charge is 0.497 e. The molecule has 9 nitrogen and oxygen atoms in total. The number of nitrogens with one attached hydrogen (secondary N) is 1. The Morgan fingerprint density at radius 1 is 1.06 bits per heavy atom. The number of nitrogens with zero attached hydrogens (tertiary/aromatic N) is 2. The van der Waals surface area contributed by atoms with Gasteiger partial charge in [-0.05, 0) is 36.3 Å². The van der Waals surface area contributed by atoms with Gasteiger partial charge in [0.15, 0.2) is 5.88 Å². The normalized spacial score (nSPS) is 12.3. The van der Waals surface area contributed by atoms with Crippen LogP contribution in [0.1, 0.15) is 5.69 Å². The molecule has 0 radical (unpaired) electrons. The lowest BCUT2D eigenvalue weighted by Gasteiger charge is -2.27. The first-order chi connectivity index (χ1) is 16.9. The fourth-order valence-corrected chi connectivity index (χ4v) is 3.71. The zero-order chi connectivity index (χ0) is 25.0. The van der Waals surface area contributed by atoms with Crippen LogP contribution in [0.2, 0.25) is 0 Å². The molecule has 4 aromatic rings. The number of methoxy groups -OCH3 is 3. The van der Waals surface area contributed by atoms with E-state index < -0.39 is 17.6 Å². The van der Waals surface area contributed by atoms with E-state index in [-0.39, 0.29) is 12.4 Å². The number of carbonyl (C=O) groups is 2. The molecule has 0 saturated heterocycles. The van der Waals surface area contributed by atoms with Crippen molar-refractivity contribution in [2.75, 3.05) is 21.3 Å². The molecule has 0 spiro atoms. The summed E-state index contributed by atoms with van der Waals surface area (Å²) in [6.45, 7) is -0.266. The Balaban J connectivity index is 1.82. The van der Waals surface area contributed by atoms with Crippen molar-refractivity contribution < 1.29 is 28.9 Å². The van der Waals surface area contributed by atoms with Crippen LogP contribution in [0.15, 0.2) is 60.8 Å². The number of aromatic hydroxyl groups is 1. The van der Waals surface area contributed by atoms with Crippen molar-refractivity contribution in [2.45, 2.75) is 12.1 Å². The van der Waals surface area contributed by atoms with Crippen LogP contribution in [0.5, 0.6) is 11.6 Å². The maximum Gasteiger partial charge on any atom is 0.408 e. The van der Waals surface area contributed by atoms with Crippen LogP contribution in [-0.4, -0.2) is 53.6 Å². The van der Waals surface area contributed by atoms with Crippen molar-refractivity contribution in [1.82, 2.24) is 14.9 Å². The van der Waals surface area contributed by atoms with E-state index in [0.717, 1.165) is 10.9 Å². The van der Waals surface area contributed by atoms with Gasteiger partial charge in [-0.25, -0.2) is 14.6 Å². The van der Waals surface area contributed by atoms with Crippen LogP contribution >= 0.6 is 0 Å². The maximum atomic E-state index is 13.0. The van der Waals surface area contributed by atoms with Crippen molar-refractivity contribution >= 4 is 33.7 Å². The Hall–Kier alpha value is -4.71. The minimum atomic E-state index is -1.90. The van der Waals surface area contributed by atoms with Crippen LogP contribution < -0.4 is 10.1 Å². The molecular formula is C26H23N3O6. The Bertz CT molecular complexity index is 1480. The molecule has 0 aliphatic carbocycles. The second-order valence-electron chi connectivity index (χ2n) is 7.69. The zero-order valence-corrected chi connectivity index (χ0v) is 19.4. The molecule has 2 aromatic heterocycles. The average Bonchev–Trinajstić information content (AvgIpc) is 3.20. The van der Waals surface area contributed by atoms with E-state index in [9.17, 15) is 14.7 Å². The molecule has 0 aliphatic rings. The molecule has 1 atom stereocenters. The Labute approximate surface area is 201 Å². The minimum absolute atomic E-state index is 0.135. The molecule has 178 valence electrons. The number of hydrogen-bond acceptors (Lipinski definition) is 7. The lowest BCUT2D eigenvalue weighted by molar-refractivity contribution is -0.146. The molecule has 2 N–H and O–H groups in total. The van der Waals surface area contributed by atoms with Crippen molar-refractivity contribution in [2.24, 2.45) is 0 Å². The predicted octanol–water partition coefficient (Wildman–Crippen LogP) is 3.22. The first-order valence-electron chi connectivity index (χ1n) is 10.6. The molecule has 2 heterocycles. The van der Waals surface area contributed by atoms with Crippen molar-refractivity contribution in [1.29, 1.82) is 0 Å². The summed E-state index contributed by atoms with van der Waals surface area (Å²) in [6.07, 6.45) is 0.741. The number of fused-ring (bicyclic) bond motifs is 2. The van der Waals surface area contributed by atoms with E-state index in [0.29, 0.717) is 22.2 Å². The molecule has 35 heavy (non-hydrogen) atoms. The topological polar surface area (TPSA) is 112 Å². The number of pyridine rings is 1. The van der Waals surface area contributed by atoms with Gasteiger partial charge >= 0.3 is 12.1 Å². The third-order valence-corrected chi connectivity index (χ3v) is 5.51. The quantitative estimate of drug-likeness (QED) is 0.338. The molecule has 4 rings (SSSR count). The summed E-state index contributed by atoms with van der Waals surface area (Å²) in [7, 11) is 3.88. The van der Waals surface area contributed by atoms with Crippen LogP contribution in [0, 0.1) is 11.8 Å². The lowest BCUT2D eigenvalue weighted by atomic mass is 10.00. The van der Waals surface area contributed by atoms with Gasteiger partial charge in [-0.1, -0.05) is 30.2 Å². The Morgan fingerprint density at radius 3 is 2.57 bits per heavy atom. The molecule has 9 heteroatoms.